The summed E-state index contributed by atoms with van der Waals surface area (Å²) in [4.78, 5) is 0. The first-order valence-corrected chi connectivity index (χ1v) is 7.62. The van der Waals surface area contributed by atoms with Gasteiger partial charge in [0.25, 0.3) is 0 Å². The van der Waals surface area contributed by atoms with E-state index >= 15 is 0 Å². The normalized spacial score (nSPS) is 33.3. The molecule has 3 aliphatic rings. The molecule has 0 aromatic carbocycles. The van der Waals surface area contributed by atoms with E-state index in [-0.39, 0.29) is 23.9 Å². The summed E-state index contributed by atoms with van der Waals surface area (Å²) in [7, 11) is 0. The summed E-state index contributed by atoms with van der Waals surface area (Å²) in [5.74, 6) is 0. The molecule has 21 heavy (non-hydrogen) atoms. The molecule has 0 amide bonds. The molecule has 3 heterocycles. The van der Waals surface area contributed by atoms with Gasteiger partial charge in [-0.25, -0.2) is 0 Å². The maximum absolute atomic E-state index is 5.98. The van der Waals surface area contributed by atoms with Crippen LogP contribution in [0.15, 0.2) is 0 Å². The average Bonchev–Trinajstić information content (AvgIpc) is 3.31. The van der Waals surface area contributed by atoms with Gasteiger partial charge < -0.3 is 34.2 Å². The van der Waals surface area contributed by atoms with Crippen molar-refractivity contribution in [3.8, 4) is 0 Å². The molecule has 3 saturated heterocycles. The highest BCUT2D eigenvalue weighted by Gasteiger charge is 2.35. The van der Waals surface area contributed by atoms with E-state index in [9.17, 15) is 0 Å². The fraction of sp³-hybridized carbons (Fsp3) is 1.00. The Morgan fingerprint density at radius 1 is 0.952 bits per heavy atom. The molecule has 0 bridgehead atoms. The topological polar surface area (TPSA) is 88.0 Å². The molecule has 3 unspecified atom stereocenters. The Morgan fingerprint density at radius 3 is 1.90 bits per heavy atom. The van der Waals surface area contributed by atoms with Crippen LogP contribution in [-0.2, 0) is 28.4 Å². The zero-order chi connectivity index (χ0) is 14.5. The number of hydrogen-bond donors (Lipinski definition) is 1. The van der Waals surface area contributed by atoms with E-state index < -0.39 is 0 Å². The molecule has 0 saturated carbocycles. The third-order valence-corrected chi connectivity index (χ3v) is 3.89. The molecule has 0 radical (unpaired) electrons. The van der Waals surface area contributed by atoms with Crippen LogP contribution in [0.5, 0.6) is 0 Å². The molecular formula is C14H25NO6. The zero-order valence-corrected chi connectivity index (χ0v) is 12.3. The van der Waals surface area contributed by atoms with Gasteiger partial charge in [0.1, 0.15) is 12.2 Å². The Balaban J connectivity index is 1.43. The largest absolute Gasteiger partial charge is 0.378 e. The number of epoxide rings is 2. The molecule has 7 heteroatoms. The van der Waals surface area contributed by atoms with Crippen LogP contribution in [0.3, 0.4) is 0 Å². The van der Waals surface area contributed by atoms with Gasteiger partial charge in [-0.3, -0.25) is 0 Å². The molecule has 2 N–H and O–H groups in total. The minimum Gasteiger partial charge on any atom is -0.378 e. The van der Waals surface area contributed by atoms with Crippen molar-refractivity contribution in [3.05, 3.63) is 0 Å². The van der Waals surface area contributed by atoms with Crippen molar-refractivity contribution in [2.75, 3.05) is 59.4 Å². The minimum atomic E-state index is -0.345. The molecular weight excluding hydrogens is 278 g/mol. The third-order valence-electron chi connectivity index (χ3n) is 3.89. The van der Waals surface area contributed by atoms with Gasteiger partial charge in [-0.2, -0.15) is 0 Å². The molecule has 122 valence electrons. The third kappa shape index (κ3) is 5.14. The van der Waals surface area contributed by atoms with E-state index in [2.05, 4.69) is 0 Å². The van der Waals surface area contributed by atoms with E-state index in [1.807, 2.05) is 0 Å². The van der Waals surface area contributed by atoms with Gasteiger partial charge in [0.2, 0.25) is 0 Å². The second kappa shape index (κ2) is 7.32. The minimum absolute atomic E-state index is 0.102. The van der Waals surface area contributed by atoms with Crippen LogP contribution in [0.1, 0.15) is 6.42 Å². The monoisotopic (exact) mass is 303 g/mol. The predicted molar refractivity (Wildman–Crippen MR) is 72.9 cm³/mol. The number of nitrogens with two attached hydrogens (primary N) is 1. The van der Waals surface area contributed by atoms with Crippen molar-refractivity contribution >= 4 is 0 Å². The molecule has 3 aliphatic heterocycles. The van der Waals surface area contributed by atoms with Crippen LogP contribution < -0.4 is 5.73 Å². The molecule has 7 nitrogen and oxygen atoms in total. The molecule has 3 atom stereocenters. The Morgan fingerprint density at radius 2 is 1.52 bits per heavy atom. The van der Waals surface area contributed by atoms with Gasteiger partial charge in [-0.15, -0.1) is 0 Å². The Kier molecular flexibility index (Phi) is 5.44. The first-order valence-electron chi connectivity index (χ1n) is 7.62. The quantitative estimate of drug-likeness (QED) is 0.487. The van der Waals surface area contributed by atoms with E-state index in [0.717, 1.165) is 26.2 Å². The molecule has 3 rings (SSSR count). The maximum Gasteiger partial charge on any atom is 0.159 e. The van der Waals surface area contributed by atoms with Crippen LogP contribution in [-0.4, -0.2) is 77.9 Å². The molecule has 3 fully saturated rings. The summed E-state index contributed by atoms with van der Waals surface area (Å²) in [5, 5.41) is 0. The van der Waals surface area contributed by atoms with E-state index in [4.69, 9.17) is 34.2 Å². The molecule has 0 aromatic heterocycles. The number of ether oxygens (including phenoxy) is 6. The SMILES string of the molecule is NCC(COCC1CO1)(COCC1CO1)COC1CCO1. The van der Waals surface area contributed by atoms with Crippen molar-refractivity contribution in [2.24, 2.45) is 11.1 Å². The van der Waals surface area contributed by atoms with Crippen molar-refractivity contribution in [1.82, 2.24) is 0 Å². The van der Waals surface area contributed by atoms with Gasteiger partial charge in [0.15, 0.2) is 6.29 Å². The average molecular weight is 303 g/mol. The van der Waals surface area contributed by atoms with Gasteiger partial charge >= 0.3 is 0 Å². The van der Waals surface area contributed by atoms with Crippen LogP contribution in [0.25, 0.3) is 0 Å². The van der Waals surface area contributed by atoms with Crippen molar-refractivity contribution in [3.63, 3.8) is 0 Å². The number of hydrogen-bond acceptors (Lipinski definition) is 7. The van der Waals surface area contributed by atoms with E-state index in [1.54, 1.807) is 0 Å². The van der Waals surface area contributed by atoms with Crippen LogP contribution in [0.2, 0.25) is 0 Å². The lowest BCUT2D eigenvalue weighted by atomic mass is 9.91. The fourth-order valence-electron chi connectivity index (χ4n) is 2.06. The van der Waals surface area contributed by atoms with Crippen molar-refractivity contribution < 1.29 is 28.4 Å². The Hall–Kier alpha value is -0.280. The lowest BCUT2D eigenvalue weighted by molar-refractivity contribution is -0.233. The summed E-state index contributed by atoms with van der Waals surface area (Å²) in [6.07, 6.45) is 1.33. The van der Waals surface area contributed by atoms with Gasteiger partial charge in [0.05, 0.1) is 58.3 Å². The maximum atomic E-state index is 5.98. The lowest BCUT2D eigenvalue weighted by Gasteiger charge is -2.35. The Bertz CT molecular complexity index is 299. The van der Waals surface area contributed by atoms with Crippen LogP contribution >= 0.6 is 0 Å². The van der Waals surface area contributed by atoms with Crippen molar-refractivity contribution in [1.29, 1.82) is 0 Å². The van der Waals surface area contributed by atoms with Crippen LogP contribution in [0, 0.1) is 5.41 Å². The highest BCUT2D eigenvalue weighted by atomic mass is 16.7. The van der Waals surface area contributed by atoms with Gasteiger partial charge in [-0.1, -0.05) is 0 Å². The summed E-state index contributed by atoms with van der Waals surface area (Å²) in [6.45, 7) is 5.48. The second-order valence-electron chi connectivity index (χ2n) is 6.05. The molecule has 0 spiro atoms. The first kappa shape index (κ1) is 15.6. The summed E-state index contributed by atoms with van der Waals surface area (Å²) in [5.41, 5.74) is 5.63. The lowest BCUT2D eigenvalue weighted by Crippen LogP contribution is -2.46. The first-order chi connectivity index (χ1) is 10.3. The van der Waals surface area contributed by atoms with Gasteiger partial charge in [-0.05, 0) is 0 Å². The Labute approximate surface area is 124 Å². The highest BCUT2D eigenvalue weighted by molar-refractivity contribution is 4.82. The highest BCUT2D eigenvalue weighted by Crippen LogP contribution is 2.23. The van der Waals surface area contributed by atoms with E-state index in [0.29, 0.717) is 39.6 Å². The summed E-state index contributed by atoms with van der Waals surface area (Å²) < 4.78 is 32.8. The standard InChI is InChI=1S/C14H25NO6/c15-7-14(8-16-3-11-5-19-11,9-17-4-12-6-20-12)10-21-13-1-2-18-13/h11-13H,1-10,15H2. The van der Waals surface area contributed by atoms with Crippen LogP contribution in [0.4, 0.5) is 0 Å². The predicted octanol–water partition coefficient (Wildman–Crippen LogP) is -0.475. The van der Waals surface area contributed by atoms with Gasteiger partial charge in [0, 0.05) is 13.0 Å². The number of rotatable bonds is 12. The zero-order valence-electron chi connectivity index (χ0n) is 12.3. The van der Waals surface area contributed by atoms with Crippen molar-refractivity contribution in [2.45, 2.75) is 24.9 Å². The summed E-state index contributed by atoms with van der Waals surface area (Å²) in [6, 6.07) is 0. The second-order valence-corrected chi connectivity index (χ2v) is 6.05. The summed E-state index contributed by atoms with van der Waals surface area (Å²) >= 11 is 0. The molecule has 0 aliphatic carbocycles. The fourth-order valence-corrected chi connectivity index (χ4v) is 2.06. The van der Waals surface area contributed by atoms with E-state index in [1.165, 1.54) is 0 Å². The smallest absolute Gasteiger partial charge is 0.159 e. The molecule has 0 aromatic rings.